The van der Waals surface area contributed by atoms with Gasteiger partial charge in [0, 0.05) is 0 Å². The summed E-state index contributed by atoms with van der Waals surface area (Å²) in [6.07, 6.45) is 4.33. The Morgan fingerprint density at radius 2 is 1.50 bits per heavy atom. The maximum atomic E-state index is 2.30. The first-order valence-electron chi connectivity index (χ1n) is 2.79. The van der Waals surface area contributed by atoms with Crippen molar-refractivity contribution >= 4 is 23.5 Å². The summed E-state index contributed by atoms with van der Waals surface area (Å²) in [5, 5.41) is 0. The molecular formula is C6H14S2. The molecule has 0 aromatic carbocycles. The molecule has 0 atom stereocenters. The molecule has 0 N–H and O–H groups in total. The predicted octanol–water partition coefficient (Wildman–Crippen LogP) is 2.35. The highest BCUT2D eigenvalue weighted by molar-refractivity contribution is 7.99. The summed E-state index contributed by atoms with van der Waals surface area (Å²) in [6, 6.07) is 0. The molecule has 0 nitrogen and oxygen atoms in total. The van der Waals surface area contributed by atoms with Crippen LogP contribution in [0.25, 0.3) is 0 Å². The van der Waals surface area contributed by atoms with Crippen LogP contribution in [-0.4, -0.2) is 24.0 Å². The molecule has 0 radical (unpaired) electrons. The molecule has 0 fully saturated rings. The Hall–Kier alpha value is 0.700. The van der Waals surface area contributed by atoms with Crippen LogP contribution in [0.3, 0.4) is 0 Å². The Morgan fingerprint density at radius 1 is 1.12 bits per heavy atom. The zero-order chi connectivity index (χ0) is 6.41. The first-order chi connectivity index (χ1) is 3.81. The first-order valence-corrected chi connectivity index (χ1v) is 5.58. The smallest absolute Gasteiger partial charge is 0.00367 e. The van der Waals surface area contributed by atoms with Gasteiger partial charge in [-0.05, 0) is 29.9 Å². The molecular weight excluding hydrogens is 136 g/mol. The second-order valence-electron chi connectivity index (χ2n) is 2.02. The van der Waals surface area contributed by atoms with Crippen molar-refractivity contribution < 1.29 is 0 Å². The molecule has 8 heavy (non-hydrogen) atoms. The first kappa shape index (κ1) is 8.70. The number of rotatable bonds is 4. The average Bonchev–Trinajstić information content (AvgIpc) is 1.68. The van der Waals surface area contributed by atoms with Crippen LogP contribution in [0, 0.1) is 5.92 Å². The molecule has 0 aliphatic rings. The van der Waals surface area contributed by atoms with Crippen LogP contribution in [-0.2, 0) is 0 Å². The molecule has 0 aliphatic heterocycles. The van der Waals surface area contributed by atoms with Gasteiger partial charge in [0.1, 0.15) is 0 Å². The Balaban J connectivity index is 2.92. The number of thioether (sulfide) groups is 2. The van der Waals surface area contributed by atoms with Crippen LogP contribution >= 0.6 is 23.5 Å². The minimum Gasteiger partial charge on any atom is -0.165 e. The highest BCUT2D eigenvalue weighted by Crippen LogP contribution is 2.08. The fourth-order valence-corrected chi connectivity index (χ4v) is 2.14. The predicted molar refractivity (Wildman–Crippen MR) is 45.9 cm³/mol. The Kier molecular flexibility index (Phi) is 6.34. The van der Waals surface area contributed by atoms with Gasteiger partial charge in [0.05, 0.1) is 0 Å². The lowest BCUT2D eigenvalue weighted by Crippen LogP contribution is -1.99. The molecule has 0 spiro atoms. The topological polar surface area (TPSA) is 0 Å². The molecule has 2 heteroatoms. The van der Waals surface area contributed by atoms with Gasteiger partial charge in [0.25, 0.3) is 0 Å². The van der Waals surface area contributed by atoms with Gasteiger partial charge in [-0.3, -0.25) is 0 Å². The van der Waals surface area contributed by atoms with Crippen molar-refractivity contribution in [3.8, 4) is 0 Å². The molecule has 0 heterocycles. The monoisotopic (exact) mass is 150 g/mol. The molecule has 0 amide bonds. The molecule has 0 bridgehead atoms. The highest BCUT2D eigenvalue weighted by Gasteiger charge is 1.96. The van der Waals surface area contributed by atoms with Crippen molar-refractivity contribution in [3.63, 3.8) is 0 Å². The van der Waals surface area contributed by atoms with Crippen molar-refractivity contribution in [3.05, 3.63) is 0 Å². The summed E-state index contributed by atoms with van der Waals surface area (Å²) < 4.78 is 0. The second-order valence-corrected chi connectivity index (χ2v) is 3.84. The molecule has 50 valence electrons. The van der Waals surface area contributed by atoms with E-state index >= 15 is 0 Å². The SMILES string of the molecule is CSCC(C)CSC. The highest BCUT2D eigenvalue weighted by atomic mass is 32.2. The summed E-state index contributed by atoms with van der Waals surface area (Å²) in [5.74, 6) is 3.50. The summed E-state index contributed by atoms with van der Waals surface area (Å²) in [4.78, 5) is 0. The van der Waals surface area contributed by atoms with E-state index in [1.807, 2.05) is 23.5 Å². The Morgan fingerprint density at radius 3 is 1.75 bits per heavy atom. The zero-order valence-electron chi connectivity index (χ0n) is 5.81. The molecule has 0 aromatic heterocycles. The standard InChI is InChI=1S/C6H14S2/c1-6(4-7-2)5-8-3/h6H,4-5H2,1-3H3. The van der Waals surface area contributed by atoms with Gasteiger partial charge in [0.2, 0.25) is 0 Å². The minimum absolute atomic E-state index is 0.889. The third-order valence-electron chi connectivity index (χ3n) is 0.902. The van der Waals surface area contributed by atoms with Crippen LogP contribution in [0.1, 0.15) is 6.92 Å². The van der Waals surface area contributed by atoms with Gasteiger partial charge < -0.3 is 0 Å². The minimum atomic E-state index is 0.889. The summed E-state index contributed by atoms with van der Waals surface area (Å²) in [7, 11) is 0. The zero-order valence-corrected chi connectivity index (χ0v) is 7.44. The normalized spacial score (nSPS) is 10.5. The maximum absolute atomic E-state index is 2.30. The van der Waals surface area contributed by atoms with Gasteiger partial charge in [0.15, 0.2) is 0 Å². The fraction of sp³-hybridized carbons (Fsp3) is 1.00. The van der Waals surface area contributed by atoms with Crippen molar-refractivity contribution in [1.82, 2.24) is 0 Å². The van der Waals surface area contributed by atoms with Gasteiger partial charge in [-0.25, -0.2) is 0 Å². The second kappa shape index (κ2) is 5.83. The third kappa shape index (κ3) is 4.85. The Bertz CT molecular complexity index is 39.8. The van der Waals surface area contributed by atoms with Gasteiger partial charge in [-0.2, -0.15) is 23.5 Å². The van der Waals surface area contributed by atoms with Gasteiger partial charge >= 0.3 is 0 Å². The summed E-state index contributed by atoms with van der Waals surface area (Å²) >= 11 is 3.87. The number of hydrogen-bond donors (Lipinski definition) is 0. The van der Waals surface area contributed by atoms with Crippen LogP contribution in [0.5, 0.6) is 0 Å². The van der Waals surface area contributed by atoms with E-state index in [-0.39, 0.29) is 0 Å². The number of hydrogen-bond acceptors (Lipinski definition) is 2. The van der Waals surface area contributed by atoms with Gasteiger partial charge in [-0.1, -0.05) is 6.92 Å². The largest absolute Gasteiger partial charge is 0.165 e. The van der Waals surface area contributed by atoms with Crippen LogP contribution in [0.15, 0.2) is 0 Å². The lowest BCUT2D eigenvalue weighted by Gasteiger charge is -2.04. The fourth-order valence-electron chi connectivity index (χ4n) is 0.617. The van der Waals surface area contributed by atoms with Crippen LogP contribution < -0.4 is 0 Å². The maximum Gasteiger partial charge on any atom is -0.00367 e. The average molecular weight is 150 g/mol. The molecule has 0 saturated carbocycles. The Labute approximate surface area is 60.8 Å². The van der Waals surface area contributed by atoms with E-state index in [9.17, 15) is 0 Å². The third-order valence-corrected chi connectivity index (χ3v) is 2.71. The molecule has 0 rings (SSSR count). The van der Waals surface area contributed by atoms with Crippen molar-refractivity contribution in [2.24, 2.45) is 5.92 Å². The van der Waals surface area contributed by atoms with E-state index in [1.165, 1.54) is 11.5 Å². The van der Waals surface area contributed by atoms with E-state index < -0.39 is 0 Å². The molecule has 0 aromatic rings. The summed E-state index contributed by atoms with van der Waals surface area (Å²) in [5.41, 5.74) is 0. The van der Waals surface area contributed by atoms with Crippen molar-refractivity contribution in [1.29, 1.82) is 0 Å². The molecule has 0 unspecified atom stereocenters. The van der Waals surface area contributed by atoms with Crippen LogP contribution in [0.4, 0.5) is 0 Å². The van der Waals surface area contributed by atoms with E-state index in [1.54, 1.807) is 0 Å². The van der Waals surface area contributed by atoms with E-state index in [2.05, 4.69) is 19.4 Å². The lowest BCUT2D eigenvalue weighted by molar-refractivity contribution is 0.766. The molecule has 0 saturated heterocycles. The lowest BCUT2D eigenvalue weighted by atomic mass is 10.3. The van der Waals surface area contributed by atoms with E-state index in [0.717, 1.165) is 5.92 Å². The van der Waals surface area contributed by atoms with E-state index in [0.29, 0.717) is 0 Å². The van der Waals surface area contributed by atoms with Crippen molar-refractivity contribution in [2.75, 3.05) is 24.0 Å². The van der Waals surface area contributed by atoms with Crippen molar-refractivity contribution in [2.45, 2.75) is 6.92 Å². The van der Waals surface area contributed by atoms with E-state index in [4.69, 9.17) is 0 Å². The van der Waals surface area contributed by atoms with Crippen LogP contribution in [0.2, 0.25) is 0 Å². The molecule has 0 aliphatic carbocycles. The van der Waals surface area contributed by atoms with Gasteiger partial charge in [-0.15, -0.1) is 0 Å². The quantitative estimate of drug-likeness (QED) is 0.603. The summed E-state index contributed by atoms with van der Waals surface area (Å²) in [6.45, 7) is 2.30.